The molecule has 2 heterocycles. The zero-order chi connectivity index (χ0) is 12.4. The Balaban J connectivity index is 2.16. The summed E-state index contributed by atoms with van der Waals surface area (Å²) in [7, 11) is 0. The number of anilines is 1. The fourth-order valence-electron chi connectivity index (χ4n) is 1.44. The van der Waals surface area contributed by atoms with Crippen molar-refractivity contribution in [3.8, 4) is 0 Å². The minimum atomic E-state index is -0.348. The topological polar surface area (TPSA) is 60.1 Å². The number of halogens is 1. The molecule has 2 aromatic heterocycles. The van der Waals surface area contributed by atoms with Crippen LogP contribution in [0, 0.1) is 0 Å². The average molecular weight is 254 g/mol. The fourth-order valence-corrected chi connectivity index (χ4v) is 1.59. The number of nitrogens with zero attached hydrogens (tertiary/aromatic N) is 2. The maximum Gasteiger partial charge on any atom is 0.292 e. The molecule has 0 aliphatic carbocycles. The molecule has 1 N–H and O–H groups in total. The fraction of sp³-hybridized carbons (Fsp3) is 0.273. The van der Waals surface area contributed by atoms with Crippen molar-refractivity contribution in [2.75, 3.05) is 5.32 Å². The molecule has 0 fully saturated rings. The Labute approximate surface area is 103 Å². The summed E-state index contributed by atoms with van der Waals surface area (Å²) in [6, 6.07) is 4.94. The Morgan fingerprint density at radius 1 is 1.47 bits per heavy atom. The second-order valence-electron chi connectivity index (χ2n) is 3.81. The lowest BCUT2D eigenvalue weighted by Crippen LogP contribution is -2.16. The van der Waals surface area contributed by atoms with Crippen molar-refractivity contribution in [1.82, 2.24) is 9.78 Å². The van der Waals surface area contributed by atoms with Crippen LogP contribution in [0.4, 0.5) is 5.82 Å². The highest BCUT2D eigenvalue weighted by atomic mass is 35.5. The molecule has 17 heavy (non-hydrogen) atoms. The molecule has 2 aromatic rings. The van der Waals surface area contributed by atoms with Gasteiger partial charge in [-0.3, -0.25) is 4.79 Å². The third kappa shape index (κ3) is 2.50. The van der Waals surface area contributed by atoms with Gasteiger partial charge in [0.1, 0.15) is 5.82 Å². The van der Waals surface area contributed by atoms with Crippen LogP contribution in [0.3, 0.4) is 0 Å². The van der Waals surface area contributed by atoms with E-state index in [-0.39, 0.29) is 22.9 Å². The zero-order valence-corrected chi connectivity index (χ0v) is 10.2. The van der Waals surface area contributed by atoms with Gasteiger partial charge in [0.05, 0.1) is 6.20 Å². The van der Waals surface area contributed by atoms with Gasteiger partial charge in [0.2, 0.25) is 0 Å². The number of hydrogen-bond donors (Lipinski definition) is 1. The number of nitrogens with one attached hydrogen (secondary N) is 1. The van der Waals surface area contributed by atoms with Crippen LogP contribution >= 0.6 is 11.6 Å². The zero-order valence-electron chi connectivity index (χ0n) is 9.48. The van der Waals surface area contributed by atoms with E-state index in [4.69, 9.17) is 16.0 Å². The van der Waals surface area contributed by atoms with Crippen LogP contribution in [-0.2, 0) is 0 Å². The van der Waals surface area contributed by atoms with Crippen LogP contribution < -0.4 is 5.32 Å². The van der Waals surface area contributed by atoms with Gasteiger partial charge >= 0.3 is 0 Å². The van der Waals surface area contributed by atoms with Crippen molar-refractivity contribution in [1.29, 1.82) is 0 Å². The number of furan rings is 1. The molecule has 1 amide bonds. The first-order valence-electron chi connectivity index (χ1n) is 5.18. The van der Waals surface area contributed by atoms with Gasteiger partial charge in [-0.25, -0.2) is 4.68 Å². The molecule has 5 nitrogen and oxygen atoms in total. The van der Waals surface area contributed by atoms with Gasteiger partial charge in [-0.05, 0) is 37.6 Å². The van der Waals surface area contributed by atoms with E-state index >= 15 is 0 Å². The second kappa shape index (κ2) is 4.63. The lowest BCUT2D eigenvalue weighted by molar-refractivity contribution is 0.0995. The first kappa shape index (κ1) is 11.7. The van der Waals surface area contributed by atoms with Crippen molar-refractivity contribution in [2.45, 2.75) is 19.9 Å². The van der Waals surface area contributed by atoms with E-state index in [0.29, 0.717) is 5.82 Å². The van der Waals surface area contributed by atoms with Crippen LogP contribution in [0.5, 0.6) is 0 Å². The van der Waals surface area contributed by atoms with Crippen molar-refractivity contribution < 1.29 is 9.21 Å². The van der Waals surface area contributed by atoms with Crippen LogP contribution in [0.2, 0.25) is 5.22 Å². The van der Waals surface area contributed by atoms with E-state index in [1.165, 1.54) is 12.1 Å². The van der Waals surface area contributed by atoms with Crippen molar-refractivity contribution in [3.63, 3.8) is 0 Å². The molecular formula is C11H12ClN3O2. The highest BCUT2D eigenvalue weighted by molar-refractivity contribution is 6.29. The Morgan fingerprint density at radius 2 is 2.24 bits per heavy atom. The molecule has 0 saturated carbocycles. The Kier molecular flexibility index (Phi) is 3.19. The first-order chi connectivity index (χ1) is 8.08. The van der Waals surface area contributed by atoms with Crippen LogP contribution in [0.25, 0.3) is 0 Å². The molecule has 0 radical (unpaired) electrons. The molecular weight excluding hydrogens is 242 g/mol. The number of hydrogen-bond acceptors (Lipinski definition) is 3. The number of carbonyl (C=O) groups excluding carboxylic acids is 1. The Bertz CT molecular complexity index is 530. The van der Waals surface area contributed by atoms with Crippen LogP contribution in [-0.4, -0.2) is 15.7 Å². The smallest absolute Gasteiger partial charge is 0.292 e. The molecule has 0 aliphatic heterocycles. The van der Waals surface area contributed by atoms with Gasteiger partial charge in [0, 0.05) is 12.1 Å². The van der Waals surface area contributed by atoms with E-state index < -0.39 is 0 Å². The summed E-state index contributed by atoms with van der Waals surface area (Å²) in [5, 5.41) is 7.01. The van der Waals surface area contributed by atoms with E-state index in [9.17, 15) is 4.79 Å². The third-order valence-corrected chi connectivity index (χ3v) is 2.40. The minimum Gasteiger partial charge on any atom is -0.440 e. The Hall–Kier alpha value is -1.75. The predicted octanol–water partition coefficient (Wildman–Crippen LogP) is 2.96. The van der Waals surface area contributed by atoms with Crippen LogP contribution in [0.15, 0.2) is 28.8 Å². The molecule has 2 rings (SSSR count). The van der Waals surface area contributed by atoms with E-state index in [1.54, 1.807) is 16.9 Å². The van der Waals surface area contributed by atoms with E-state index in [0.717, 1.165) is 0 Å². The number of carbonyl (C=O) groups is 1. The molecule has 6 heteroatoms. The lowest BCUT2D eigenvalue weighted by Gasteiger charge is -2.10. The summed E-state index contributed by atoms with van der Waals surface area (Å²) >= 11 is 5.60. The summed E-state index contributed by atoms with van der Waals surface area (Å²) in [5.41, 5.74) is 0. The summed E-state index contributed by atoms with van der Waals surface area (Å²) in [6.07, 6.45) is 1.63. The molecule has 0 aliphatic rings. The van der Waals surface area contributed by atoms with Crippen molar-refractivity contribution >= 4 is 23.3 Å². The number of aromatic nitrogens is 2. The average Bonchev–Trinajstić information content (AvgIpc) is 2.86. The maximum atomic E-state index is 11.8. The summed E-state index contributed by atoms with van der Waals surface area (Å²) < 4.78 is 6.73. The van der Waals surface area contributed by atoms with Crippen molar-refractivity contribution in [3.05, 3.63) is 35.4 Å². The first-order valence-corrected chi connectivity index (χ1v) is 5.56. The molecule has 0 atom stereocenters. The standard InChI is InChI=1S/C11H12ClN3O2/c1-7(2)15-10(5-6-13-15)14-11(16)8-3-4-9(12)17-8/h3-7H,1-2H3,(H,14,16). The van der Waals surface area contributed by atoms with Gasteiger partial charge in [0.25, 0.3) is 5.91 Å². The number of rotatable bonds is 3. The van der Waals surface area contributed by atoms with Crippen LogP contribution in [0.1, 0.15) is 30.4 Å². The van der Waals surface area contributed by atoms with Crippen molar-refractivity contribution in [2.24, 2.45) is 0 Å². The number of amides is 1. The largest absolute Gasteiger partial charge is 0.440 e. The SMILES string of the molecule is CC(C)n1nccc1NC(=O)c1ccc(Cl)o1. The maximum absolute atomic E-state index is 11.8. The van der Waals surface area contributed by atoms with Gasteiger partial charge in [-0.15, -0.1) is 0 Å². The minimum absolute atomic E-state index is 0.167. The van der Waals surface area contributed by atoms with Gasteiger partial charge in [-0.1, -0.05) is 0 Å². The summed E-state index contributed by atoms with van der Waals surface area (Å²) in [5.74, 6) is 0.448. The molecule has 0 bridgehead atoms. The molecule has 0 unspecified atom stereocenters. The Morgan fingerprint density at radius 3 is 2.82 bits per heavy atom. The van der Waals surface area contributed by atoms with Gasteiger partial charge < -0.3 is 9.73 Å². The quantitative estimate of drug-likeness (QED) is 0.915. The summed E-state index contributed by atoms with van der Waals surface area (Å²) in [6.45, 7) is 3.96. The molecule has 90 valence electrons. The molecule has 0 spiro atoms. The molecule has 0 aromatic carbocycles. The third-order valence-electron chi connectivity index (χ3n) is 2.20. The second-order valence-corrected chi connectivity index (χ2v) is 4.19. The van der Waals surface area contributed by atoms with Gasteiger partial charge in [0.15, 0.2) is 11.0 Å². The highest BCUT2D eigenvalue weighted by Gasteiger charge is 2.14. The van der Waals surface area contributed by atoms with E-state index in [1.807, 2.05) is 13.8 Å². The van der Waals surface area contributed by atoms with E-state index in [2.05, 4.69) is 10.4 Å². The normalized spacial score (nSPS) is 10.8. The predicted molar refractivity (Wildman–Crippen MR) is 64.3 cm³/mol. The lowest BCUT2D eigenvalue weighted by atomic mass is 10.4. The molecule has 0 saturated heterocycles. The highest BCUT2D eigenvalue weighted by Crippen LogP contribution is 2.17. The monoisotopic (exact) mass is 253 g/mol. The van der Waals surface area contributed by atoms with Gasteiger partial charge in [-0.2, -0.15) is 5.10 Å². The summed E-state index contributed by atoms with van der Waals surface area (Å²) in [4.78, 5) is 11.8.